The van der Waals surface area contributed by atoms with Crippen molar-refractivity contribution in [3.05, 3.63) is 0 Å². The number of nitrogens with zero attached hydrogens (tertiary/aromatic N) is 1. The first kappa shape index (κ1) is 13.1. The van der Waals surface area contributed by atoms with Gasteiger partial charge in [-0.05, 0) is 27.5 Å². The van der Waals surface area contributed by atoms with Crippen molar-refractivity contribution in [3.63, 3.8) is 0 Å². The molecule has 0 amide bonds. The van der Waals surface area contributed by atoms with Crippen molar-refractivity contribution in [3.8, 4) is 0 Å². The Bertz CT molecular complexity index is 184. The van der Waals surface area contributed by atoms with E-state index < -0.39 is 5.60 Å². The highest BCUT2D eigenvalue weighted by atomic mass is 16.6. The lowest BCUT2D eigenvalue weighted by atomic mass is 10.2. The van der Waals surface area contributed by atoms with Crippen LogP contribution in [0, 0.1) is 0 Å². The van der Waals surface area contributed by atoms with E-state index in [-0.39, 0.29) is 12.4 Å². The summed E-state index contributed by atoms with van der Waals surface area (Å²) in [7, 11) is 0. The van der Waals surface area contributed by atoms with Crippen LogP contribution in [0.1, 0.15) is 27.2 Å². The molecule has 82 valence electrons. The SMILES string of the molecule is C=NCCOCCC(=O)OC(C)(C)C. The molecule has 0 aliphatic heterocycles. The van der Waals surface area contributed by atoms with Crippen molar-refractivity contribution in [2.45, 2.75) is 32.8 Å². The fourth-order valence-corrected chi connectivity index (χ4v) is 0.779. The molecular formula is C10H19NO3. The minimum atomic E-state index is -0.417. The van der Waals surface area contributed by atoms with Crippen molar-refractivity contribution in [1.82, 2.24) is 0 Å². The second kappa shape index (κ2) is 6.54. The largest absolute Gasteiger partial charge is 0.460 e. The molecule has 0 saturated carbocycles. The van der Waals surface area contributed by atoms with E-state index in [2.05, 4.69) is 11.7 Å². The third-order valence-electron chi connectivity index (χ3n) is 1.26. The molecule has 0 heterocycles. The van der Waals surface area contributed by atoms with Crippen LogP contribution in [-0.4, -0.2) is 38.0 Å². The van der Waals surface area contributed by atoms with Crippen molar-refractivity contribution in [1.29, 1.82) is 0 Å². The van der Waals surface area contributed by atoms with E-state index in [9.17, 15) is 4.79 Å². The van der Waals surface area contributed by atoms with E-state index in [0.29, 0.717) is 19.8 Å². The molecule has 0 aliphatic carbocycles. The Morgan fingerprint density at radius 2 is 2.00 bits per heavy atom. The van der Waals surface area contributed by atoms with Gasteiger partial charge in [0.15, 0.2) is 0 Å². The quantitative estimate of drug-likeness (QED) is 0.371. The summed E-state index contributed by atoms with van der Waals surface area (Å²) < 4.78 is 10.2. The van der Waals surface area contributed by atoms with Gasteiger partial charge in [-0.3, -0.25) is 9.79 Å². The van der Waals surface area contributed by atoms with Crippen LogP contribution in [0.4, 0.5) is 0 Å². The van der Waals surface area contributed by atoms with Crippen LogP contribution >= 0.6 is 0 Å². The molecule has 0 saturated heterocycles. The third kappa shape index (κ3) is 9.19. The summed E-state index contributed by atoms with van der Waals surface area (Å²) in [6.45, 7) is 10.3. The Labute approximate surface area is 85.3 Å². The first-order valence-corrected chi connectivity index (χ1v) is 4.68. The molecule has 0 bridgehead atoms. The predicted octanol–water partition coefficient (Wildman–Crippen LogP) is 1.44. The highest BCUT2D eigenvalue weighted by molar-refractivity contribution is 5.69. The fraction of sp³-hybridized carbons (Fsp3) is 0.800. The summed E-state index contributed by atoms with van der Waals surface area (Å²) >= 11 is 0. The maximum absolute atomic E-state index is 11.2. The molecule has 0 fully saturated rings. The topological polar surface area (TPSA) is 47.9 Å². The summed E-state index contributed by atoms with van der Waals surface area (Å²) in [5, 5.41) is 0. The lowest BCUT2D eigenvalue weighted by molar-refractivity contribution is -0.155. The van der Waals surface area contributed by atoms with Gasteiger partial charge in [0.2, 0.25) is 0 Å². The third-order valence-corrected chi connectivity index (χ3v) is 1.26. The Morgan fingerprint density at radius 1 is 1.36 bits per heavy atom. The second-order valence-corrected chi connectivity index (χ2v) is 3.90. The lowest BCUT2D eigenvalue weighted by Gasteiger charge is -2.19. The van der Waals surface area contributed by atoms with Crippen LogP contribution in [0.5, 0.6) is 0 Å². The van der Waals surface area contributed by atoms with Crippen molar-refractivity contribution < 1.29 is 14.3 Å². The van der Waals surface area contributed by atoms with Crippen molar-refractivity contribution in [2.24, 2.45) is 4.99 Å². The molecule has 0 spiro atoms. The number of carbonyl (C=O) groups excluding carboxylic acids is 1. The summed E-state index contributed by atoms with van der Waals surface area (Å²) in [4.78, 5) is 14.8. The molecule has 14 heavy (non-hydrogen) atoms. The summed E-state index contributed by atoms with van der Waals surface area (Å²) in [5.41, 5.74) is -0.417. The minimum absolute atomic E-state index is 0.232. The Balaban J connectivity index is 3.41. The van der Waals surface area contributed by atoms with Crippen LogP contribution < -0.4 is 0 Å². The van der Waals surface area contributed by atoms with Crippen LogP contribution in [0.15, 0.2) is 4.99 Å². The zero-order valence-electron chi connectivity index (χ0n) is 9.21. The predicted molar refractivity (Wildman–Crippen MR) is 55.7 cm³/mol. The van der Waals surface area contributed by atoms with Gasteiger partial charge in [-0.25, -0.2) is 0 Å². The molecule has 0 unspecified atom stereocenters. The molecular weight excluding hydrogens is 182 g/mol. The number of aliphatic imine (C=N–C) groups is 1. The summed E-state index contributed by atoms with van der Waals surface area (Å²) in [6, 6.07) is 0. The zero-order valence-corrected chi connectivity index (χ0v) is 9.21. The monoisotopic (exact) mass is 201 g/mol. The lowest BCUT2D eigenvalue weighted by Crippen LogP contribution is -2.24. The molecule has 0 rings (SSSR count). The number of rotatable bonds is 6. The number of hydrogen-bond acceptors (Lipinski definition) is 4. The van der Waals surface area contributed by atoms with Gasteiger partial charge in [-0.2, -0.15) is 0 Å². The van der Waals surface area contributed by atoms with E-state index in [0.717, 1.165) is 0 Å². The summed E-state index contributed by atoms with van der Waals surface area (Å²) in [5.74, 6) is -0.232. The Kier molecular flexibility index (Phi) is 6.12. The zero-order chi connectivity index (χ0) is 11.0. The van der Waals surface area contributed by atoms with Gasteiger partial charge in [0.25, 0.3) is 0 Å². The van der Waals surface area contributed by atoms with Gasteiger partial charge in [0, 0.05) is 0 Å². The highest BCUT2D eigenvalue weighted by Gasteiger charge is 2.15. The highest BCUT2D eigenvalue weighted by Crippen LogP contribution is 2.07. The molecule has 0 N–H and O–H groups in total. The van der Waals surface area contributed by atoms with Crippen molar-refractivity contribution in [2.75, 3.05) is 19.8 Å². The van der Waals surface area contributed by atoms with E-state index in [4.69, 9.17) is 9.47 Å². The number of esters is 1. The van der Waals surface area contributed by atoms with Crippen LogP contribution in [-0.2, 0) is 14.3 Å². The van der Waals surface area contributed by atoms with Crippen LogP contribution in [0.2, 0.25) is 0 Å². The number of hydrogen-bond donors (Lipinski definition) is 0. The van der Waals surface area contributed by atoms with Crippen LogP contribution in [0.25, 0.3) is 0 Å². The second-order valence-electron chi connectivity index (χ2n) is 3.90. The van der Waals surface area contributed by atoms with Gasteiger partial charge in [-0.15, -0.1) is 0 Å². The Hall–Kier alpha value is -0.900. The molecule has 0 aromatic heterocycles. The smallest absolute Gasteiger partial charge is 0.308 e. The van der Waals surface area contributed by atoms with Crippen LogP contribution in [0.3, 0.4) is 0 Å². The molecule has 4 nitrogen and oxygen atoms in total. The molecule has 0 aromatic carbocycles. The maximum atomic E-state index is 11.2. The average molecular weight is 201 g/mol. The van der Waals surface area contributed by atoms with Gasteiger partial charge in [0.1, 0.15) is 5.60 Å². The maximum Gasteiger partial charge on any atom is 0.308 e. The van der Waals surface area contributed by atoms with E-state index in [1.54, 1.807) is 0 Å². The average Bonchev–Trinajstić information content (AvgIpc) is 2.00. The molecule has 0 aliphatic rings. The van der Waals surface area contributed by atoms with Gasteiger partial charge in [0.05, 0.1) is 26.2 Å². The van der Waals surface area contributed by atoms with E-state index in [1.807, 2.05) is 20.8 Å². The Morgan fingerprint density at radius 3 is 2.50 bits per heavy atom. The van der Waals surface area contributed by atoms with Gasteiger partial charge < -0.3 is 9.47 Å². The first-order chi connectivity index (χ1) is 6.45. The molecule has 0 aromatic rings. The fourth-order valence-electron chi connectivity index (χ4n) is 0.779. The number of carbonyl (C=O) groups is 1. The van der Waals surface area contributed by atoms with Gasteiger partial charge >= 0.3 is 5.97 Å². The van der Waals surface area contributed by atoms with E-state index >= 15 is 0 Å². The molecule has 0 atom stereocenters. The standard InChI is InChI=1S/C10H19NO3/c1-10(2,3)14-9(12)5-7-13-8-6-11-4/h4-8H2,1-3H3. The first-order valence-electron chi connectivity index (χ1n) is 4.68. The van der Waals surface area contributed by atoms with Gasteiger partial charge in [-0.1, -0.05) is 0 Å². The molecule has 0 radical (unpaired) electrons. The summed E-state index contributed by atoms with van der Waals surface area (Å²) in [6.07, 6.45) is 0.286. The van der Waals surface area contributed by atoms with Crippen molar-refractivity contribution >= 4 is 12.7 Å². The van der Waals surface area contributed by atoms with E-state index in [1.165, 1.54) is 0 Å². The normalized spacial score (nSPS) is 11.1. The number of ether oxygens (including phenoxy) is 2. The molecule has 4 heteroatoms. The minimum Gasteiger partial charge on any atom is -0.460 e.